The highest BCUT2D eigenvalue weighted by molar-refractivity contribution is 7.81. The van der Waals surface area contributed by atoms with E-state index < -0.39 is 23.0 Å². The number of ether oxygens (including phenoxy) is 3. The molecule has 4 amide bonds. The number of benzene rings is 3. The molecule has 0 unspecified atom stereocenters. The molecule has 2 aliphatic rings. The maximum Gasteiger partial charge on any atom is 0.259 e. The van der Waals surface area contributed by atoms with Gasteiger partial charge in [0.15, 0.2) is 10.8 Å². The molecule has 0 bridgehead atoms. The number of anilines is 2. The van der Waals surface area contributed by atoms with Gasteiger partial charge in [0, 0.05) is 37.7 Å². The van der Waals surface area contributed by atoms with Crippen LogP contribution in [0.3, 0.4) is 0 Å². The smallest absolute Gasteiger partial charge is 0.259 e. The Hall–Kier alpha value is -5.73. The Bertz CT molecular complexity index is 2500. The highest BCUT2D eigenvalue weighted by Crippen LogP contribution is 2.38. The number of rotatable bonds is 21. The largest absolute Gasteiger partial charge is 0.494 e. The molecule has 4 atom stereocenters. The Labute approximate surface area is 416 Å². The normalized spacial score (nSPS) is 17.7. The van der Waals surface area contributed by atoms with Gasteiger partial charge in [-0.25, -0.2) is 9.83 Å². The highest BCUT2D eigenvalue weighted by atomic mass is 32.1. The summed E-state index contributed by atoms with van der Waals surface area (Å²) in [4.78, 5) is 68.6. The lowest BCUT2D eigenvalue weighted by atomic mass is 9.85. The van der Waals surface area contributed by atoms with Gasteiger partial charge in [-0.05, 0) is 143 Å². The first-order valence-electron chi connectivity index (χ1n) is 23.8. The molecule has 2 fully saturated rings. The number of nitrogens with one attached hydrogen (secondary N) is 2. The van der Waals surface area contributed by atoms with Crippen molar-refractivity contribution >= 4 is 69.4 Å². The van der Waals surface area contributed by atoms with Gasteiger partial charge >= 0.3 is 0 Å². The number of hydrogen-bond acceptors (Lipinski definition) is 10. The van der Waals surface area contributed by atoms with Crippen LogP contribution < -0.4 is 25.2 Å². The lowest BCUT2D eigenvalue weighted by molar-refractivity contribution is -0.144. The number of hydrogen-bond donors (Lipinski definition) is 2. The highest BCUT2D eigenvalue weighted by Gasteiger charge is 2.50. The molecular formula is C53H67N7O7S2. The molecule has 2 aliphatic heterocycles. The van der Waals surface area contributed by atoms with Crippen LogP contribution in [0.4, 0.5) is 17.1 Å². The van der Waals surface area contributed by atoms with E-state index in [1.165, 1.54) is 4.90 Å². The monoisotopic (exact) mass is 977 g/mol. The topological polar surface area (TPSA) is 147 Å². The van der Waals surface area contributed by atoms with Crippen LogP contribution in [0.15, 0.2) is 72.2 Å². The second-order valence-electron chi connectivity index (χ2n) is 19.7. The van der Waals surface area contributed by atoms with Crippen molar-refractivity contribution in [2.24, 2.45) is 11.3 Å². The number of nitrogens with zero attached hydrogens (tertiary/aromatic N) is 5. The van der Waals surface area contributed by atoms with E-state index in [9.17, 15) is 19.2 Å². The first-order chi connectivity index (χ1) is 32.8. The minimum Gasteiger partial charge on any atom is -0.494 e. The van der Waals surface area contributed by atoms with E-state index >= 15 is 0 Å². The van der Waals surface area contributed by atoms with Crippen molar-refractivity contribution in [2.45, 2.75) is 118 Å². The zero-order valence-electron chi connectivity index (χ0n) is 41.4. The third-order valence-corrected chi connectivity index (χ3v) is 14.0. The zero-order valence-corrected chi connectivity index (χ0v) is 43.1. The Morgan fingerprint density at radius 2 is 1.59 bits per heavy atom. The van der Waals surface area contributed by atoms with Crippen LogP contribution in [0.5, 0.6) is 5.75 Å². The minimum atomic E-state index is -0.907. The van der Waals surface area contributed by atoms with Crippen LogP contribution in [0.25, 0.3) is 15.3 Å². The molecule has 6 rings (SSSR count). The Morgan fingerprint density at radius 3 is 2.25 bits per heavy atom. The van der Waals surface area contributed by atoms with Crippen LogP contribution in [0.1, 0.15) is 103 Å². The molecule has 2 N–H and O–H groups in total. The van der Waals surface area contributed by atoms with Gasteiger partial charge < -0.3 is 34.6 Å². The molecule has 2 saturated heterocycles. The summed E-state index contributed by atoms with van der Waals surface area (Å²) in [6.45, 7) is 26.8. The van der Waals surface area contributed by atoms with Gasteiger partial charge in [-0.2, -0.15) is 0 Å². The first kappa shape index (κ1) is 52.6. The summed E-state index contributed by atoms with van der Waals surface area (Å²) >= 11 is 7.42. The molecular weight excluding hydrogens is 911 g/mol. The molecule has 0 aliphatic carbocycles. The van der Waals surface area contributed by atoms with Crippen molar-refractivity contribution < 1.29 is 33.4 Å². The summed E-state index contributed by atoms with van der Waals surface area (Å²) < 4.78 is 17.5. The lowest BCUT2D eigenvalue weighted by Crippen LogP contribution is -2.58. The molecule has 368 valence electrons. The Balaban J connectivity index is 0.850. The third kappa shape index (κ3) is 12.9. The summed E-state index contributed by atoms with van der Waals surface area (Å²) in [5.41, 5.74) is 6.10. The fraction of sp³-hybridized carbons (Fsp3) is 0.491. The summed E-state index contributed by atoms with van der Waals surface area (Å²) in [7, 11) is 0. The summed E-state index contributed by atoms with van der Waals surface area (Å²) in [5, 5.41) is 6.43. The number of carbonyl (C=O) groups is 4. The third-order valence-electron chi connectivity index (χ3n) is 12.6. The second-order valence-corrected chi connectivity index (χ2v) is 20.9. The van der Waals surface area contributed by atoms with Crippen LogP contribution in [0.2, 0.25) is 0 Å². The molecule has 4 aromatic rings. The van der Waals surface area contributed by atoms with Crippen LogP contribution >= 0.6 is 23.6 Å². The van der Waals surface area contributed by atoms with Crippen molar-refractivity contribution in [1.82, 2.24) is 20.5 Å². The fourth-order valence-corrected chi connectivity index (χ4v) is 10.0. The van der Waals surface area contributed by atoms with E-state index in [1.807, 2.05) is 127 Å². The summed E-state index contributed by atoms with van der Waals surface area (Å²) in [6.07, 6.45) is 3.82. The molecule has 16 heteroatoms. The zero-order chi connectivity index (χ0) is 50.0. The van der Waals surface area contributed by atoms with Crippen molar-refractivity contribution in [3.05, 3.63) is 100 Å². The maximum absolute atomic E-state index is 14.1. The van der Waals surface area contributed by atoms with Crippen molar-refractivity contribution in [1.29, 1.82) is 0 Å². The molecule has 0 radical (unpaired) electrons. The number of aromatic nitrogens is 1. The first-order valence-corrected chi connectivity index (χ1v) is 25.1. The number of aryl methyl sites for hydroxylation is 2. The SMILES string of the molecule is [C-]#[N+]c1ccc(N2C(=O)C(C)(C)N(c3ccc(OCCCCCOCCCOCC(=O)N[C@H](C(=O)N4C[C@H](C)C[C@H]4C(=O)N[C@@H](C)c4ccc(-c5scnc5C)cc4)C(C)(C)C)cc3)C2=S)cc1C. The Kier molecular flexibility index (Phi) is 17.7. The van der Waals surface area contributed by atoms with Gasteiger partial charge in [-0.3, -0.25) is 24.1 Å². The Morgan fingerprint density at radius 1 is 0.928 bits per heavy atom. The van der Waals surface area contributed by atoms with Gasteiger partial charge in [-0.15, -0.1) is 11.3 Å². The molecule has 0 saturated carbocycles. The standard InChI is InChI=1S/C53H67N7O7S2/c1-34-29-44(48(62)56-36(3)38-15-17-39(18-16-38)46-37(4)55-33-69-46)58(31-34)49(63)47(52(5,6)7)57-45(61)32-66-27-14-26-65-25-12-11-13-28-67-42-22-19-40(20-23-42)60-51(68)59(50(64)53(60,8)9)41-21-24-43(54-10)35(2)30-41/h15-24,30,33-34,36,44,47H,11-14,25-29,31-32H2,1-9H3,(H,56,62)(H,57,61)/t34-,36+,44+,47-/m1/s1. The predicted molar refractivity (Wildman–Crippen MR) is 276 cm³/mol. The number of carbonyl (C=O) groups excluding carboxylic acids is 4. The number of amides is 4. The van der Waals surface area contributed by atoms with Crippen molar-refractivity contribution in [3.8, 4) is 16.2 Å². The maximum atomic E-state index is 14.1. The fourth-order valence-electron chi connectivity index (χ4n) is 8.70. The van der Waals surface area contributed by atoms with E-state index in [2.05, 4.69) is 20.5 Å². The van der Waals surface area contributed by atoms with Gasteiger partial charge in [0.25, 0.3) is 5.91 Å². The van der Waals surface area contributed by atoms with E-state index in [0.29, 0.717) is 62.3 Å². The van der Waals surface area contributed by atoms with Crippen molar-refractivity contribution in [3.63, 3.8) is 0 Å². The van der Waals surface area contributed by atoms with Gasteiger partial charge in [0.05, 0.1) is 35.3 Å². The molecule has 3 heterocycles. The molecule has 14 nitrogen and oxygen atoms in total. The van der Waals surface area contributed by atoms with Crippen LogP contribution in [-0.4, -0.2) is 95.8 Å². The van der Waals surface area contributed by atoms with E-state index in [0.717, 1.165) is 58.0 Å². The van der Waals surface area contributed by atoms with E-state index in [-0.39, 0.29) is 42.2 Å². The predicted octanol–water partition coefficient (Wildman–Crippen LogP) is 9.51. The van der Waals surface area contributed by atoms with Gasteiger partial charge in [-0.1, -0.05) is 58.0 Å². The van der Waals surface area contributed by atoms with Gasteiger partial charge in [0.1, 0.15) is 30.0 Å². The molecule has 1 aromatic heterocycles. The van der Waals surface area contributed by atoms with Crippen molar-refractivity contribution in [2.75, 3.05) is 49.4 Å². The number of likely N-dealkylation sites (tertiary alicyclic amines) is 1. The van der Waals surface area contributed by atoms with Crippen LogP contribution in [-0.2, 0) is 28.7 Å². The van der Waals surface area contributed by atoms with Gasteiger partial charge in [0.2, 0.25) is 17.7 Å². The molecule has 0 spiro atoms. The quantitative estimate of drug-likeness (QED) is 0.0470. The summed E-state index contributed by atoms with van der Waals surface area (Å²) in [5.74, 6) is -0.160. The number of thiazole rings is 1. The summed E-state index contributed by atoms with van der Waals surface area (Å²) in [6, 6.07) is 19.2. The minimum absolute atomic E-state index is 0.125. The average Bonchev–Trinajstić information content (AvgIpc) is 3.97. The van der Waals surface area contributed by atoms with Crippen LogP contribution in [0, 0.1) is 31.8 Å². The lowest BCUT2D eigenvalue weighted by Gasteiger charge is -2.35. The molecule has 3 aromatic carbocycles. The van der Waals surface area contributed by atoms with E-state index in [1.54, 1.807) is 28.4 Å². The second kappa shape index (κ2) is 23.3. The number of thiocarbonyl (C=S) groups is 1. The number of unbranched alkanes of at least 4 members (excludes halogenated alkanes) is 2. The average molecular weight is 978 g/mol. The van der Waals surface area contributed by atoms with E-state index in [4.69, 9.17) is 33.0 Å². The molecule has 69 heavy (non-hydrogen) atoms.